The van der Waals surface area contributed by atoms with E-state index >= 15 is 0 Å². The third-order valence-electron chi connectivity index (χ3n) is 5.09. The molecular weight excluding hydrogens is 418 g/mol. The predicted molar refractivity (Wildman–Crippen MR) is 112 cm³/mol. The van der Waals surface area contributed by atoms with Gasteiger partial charge in [-0.15, -0.1) is 0 Å². The Kier molecular flexibility index (Phi) is 5.84. The molecule has 3 N–H and O–H groups in total. The predicted octanol–water partition coefficient (Wildman–Crippen LogP) is 1.92. The molecule has 0 aliphatic heterocycles. The number of hydrogen-bond donors (Lipinski definition) is 2. The largest absolute Gasteiger partial charge is 0.401 e. The fourth-order valence-corrected chi connectivity index (χ4v) is 4.52. The smallest absolute Gasteiger partial charge is 0.360 e. The number of pyridine rings is 2. The zero-order chi connectivity index (χ0) is 22.0. The highest BCUT2D eigenvalue weighted by Gasteiger charge is 2.30. The zero-order valence-corrected chi connectivity index (χ0v) is 17.9. The van der Waals surface area contributed by atoms with E-state index in [1.54, 1.807) is 31.2 Å². The minimum absolute atomic E-state index is 0.0871. The molecule has 31 heavy (non-hydrogen) atoms. The van der Waals surface area contributed by atoms with Gasteiger partial charge in [0, 0.05) is 36.7 Å². The van der Waals surface area contributed by atoms with Crippen LogP contribution in [0.5, 0.6) is 0 Å². The molecule has 4 rings (SSSR count). The summed E-state index contributed by atoms with van der Waals surface area (Å²) in [5, 5.41) is 6.54. The number of carbonyl (C=O) groups is 1. The number of rotatable bonds is 8. The van der Waals surface area contributed by atoms with E-state index in [1.165, 1.54) is 18.5 Å². The quantitative estimate of drug-likeness (QED) is 0.509. The van der Waals surface area contributed by atoms with Crippen LogP contribution in [0.25, 0.3) is 0 Å². The van der Waals surface area contributed by atoms with Crippen LogP contribution in [0, 0.1) is 6.92 Å². The molecule has 1 saturated carbocycles. The minimum atomic E-state index is -3.81. The van der Waals surface area contributed by atoms with E-state index in [0.29, 0.717) is 30.3 Å². The third-order valence-corrected chi connectivity index (χ3v) is 6.86. The standard InChI is InChI=1S/C21H23N5O4S/c1-14-11-17(24-21(27)19-12-20(30-25-19)15-4-5-15)8-10-26(14)31(28,29)18-7-6-16(23-13-18)3-2-9-22/h6-8,10-13,15H,2-5,9,22H2,1H3/p+1. The number of nitrogens with one attached hydrogen (secondary N) is 1. The van der Waals surface area contributed by atoms with Crippen LogP contribution in [0.1, 0.15) is 52.8 Å². The molecule has 10 heteroatoms. The Bertz CT molecular complexity index is 1200. The molecule has 162 valence electrons. The molecule has 0 bridgehead atoms. The molecule has 3 aromatic heterocycles. The summed E-state index contributed by atoms with van der Waals surface area (Å²) in [7, 11) is -3.81. The van der Waals surface area contributed by atoms with E-state index < -0.39 is 15.9 Å². The van der Waals surface area contributed by atoms with Crippen molar-refractivity contribution < 1.29 is 21.7 Å². The Morgan fingerprint density at radius 1 is 1.29 bits per heavy atom. The average Bonchev–Trinajstić information content (AvgIpc) is 3.48. The van der Waals surface area contributed by atoms with Gasteiger partial charge in [0.25, 0.3) is 5.91 Å². The number of amides is 1. The van der Waals surface area contributed by atoms with Crippen LogP contribution in [0.2, 0.25) is 0 Å². The van der Waals surface area contributed by atoms with Gasteiger partial charge < -0.3 is 15.6 Å². The highest BCUT2D eigenvalue weighted by molar-refractivity contribution is 7.85. The van der Waals surface area contributed by atoms with E-state index in [9.17, 15) is 13.2 Å². The Morgan fingerprint density at radius 2 is 2.10 bits per heavy atom. The molecule has 3 aromatic rings. The molecule has 0 unspecified atom stereocenters. The van der Waals surface area contributed by atoms with E-state index in [-0.39, 0.29) is 10.6 Å². The molecule has 0 radical (unpaired) electrons. The van der Waals surface area contributed by atoms with Crippen molar-refractivity contribution in [3.8, 4) is 0 Å². The van der Waals surface area contributed by atoms with Crippen molar-refractivity contribution in [1.82, 2.24) is 10.1 Å². The minimum Gasteiger partial charge on any atom is -0.360 e. The molecule has 0 atom stereocenters. The molecule has 0 spiro atoms. The Balaban J connectivity index is 1.49. The molecule has 1 fully saturated rings. The lowest BCUT2D eigenvalue weighted by molar-refractivity contribution is -0.519. The normalized spacial score (nSPS) is 13.9. The van der Waals surface area contributed by atoms with Crippen LogP contribution in [0.3, 0.4) is 0 Å². The summed E-state index contributed by atoms with van der Waals surface area (Å²) in [5.41, 5.74) is 7.38. The van der Waals surface area contributed by atoms with Crippen LogP contribution >= 0.6 is 0 Å². The Hall–Kier alpha value is -3.11. The number of aryl methyl sites for hydroxylation is 2. The van der Waals surface area contributed by atoms with Gasteiger partial charge in [0.2, 0.25) is 0 Å². The van der Waals surface area contributed by atoms with Crippen LogP contribution in [-0.2, 0) is 16.4 Å². The molecule has 1 aliphatic rings. The van der Waals surface area contributed by atoms with E-state index in [0.717, 1.165) is 34.7 Å². The number of hydrogen-bond acceptors (Lipinski definition) is 7. The monoisotopic (exact) mass is 442 g/mol. The van der Waals surface area contributed by atoms with Gasteiger partial charge in [-0.05, 0) is 44.4 Å². The van der Waals surface area contributed by atoms with Crippen LogP contribution in [0.15, 0.2) is 52.1 Å². The van der Waals surface area contributed by atoms with Crippen molar-refractivity contribution in [3.63, 3.8) is 0 Å². The van der Waals surface area contributed by atoms with Crippen molar-refractivity contribution in [2.45, 2.75) is 43.4 Å². The first-order valence-corrected chi connectivity index (χ1v) is 11.5. The van der Waals surface area contributed by atoms with Crippen LogP contribution in [-0.4, -0.2) is 31.0 Å². The maximum atomic E-state index is 13.0. The zero-order valence-electron chi connectivity index (χ0n) is 17.1. The Labute approximate surface area is 180 Å². The summed E-state index contributed by atoms with van der Waals surface area (Å²) in [5.74, 6) is 0.676. The fraction of sp³-hybridized carbons (Fsp3) is 0.333. The molecule has 3 heterocycles. The van der Waals surface area contributed by atoms with Gasteiger partial charge in [-0.25, -0.2) is 0 Å². The van der Waals surface area contributed by atoms with Gasteiger partial charge >= 0.3 is 10.0 Å². The van der Waals surface area contributed by atoms with Crippen LogP contribution in [0.4, 0.5) is 5.69 Å². The van der Waals surface area contributed by atoms with Gasteiger partial charge in [-0.3, -0.25) is 9.78 Å². The lowest BCUT2D eigenvalue weighted by Gasteiger charge is -2.06. The first kappa shape index (κ1) is 21.1. The number of nitrogens with zero attached hydrogens (tertiary/aromatic N) is 3. The molecule has 1 amide bonds. The highest BCUT2D eigenvalue weighted by Crippen LogP contribution is 2.40. The molecule has 1 aliphatic carbocycles. The van der Waals surface area contributed by atoms with Gasteiger partial charge in [0.15, 0.2) is 22.5 Å². The molecule has 0 aromatic carbocycles. The molecule has 9 nitrogen and oxygen atoms in total. The SMILES string of the molecule is Cc1cc(NC(=O)c2cc(C3CC3)on2)cc[n+]1S(=O)(=O)c1ccc(CCCN)nc1. The molecular formula is C21H24N5O4S+. The topological polar surface area (TPSA) is 132 Å². The van der Waals surface area contributed by atoms with Crippen molar-refractivity contribution >= 4 is 21.6 Å². The summed E-state index contributed by atoms with van der Waals surface area (Å²) >= 11 is 0. The number of anilines is 1. The van der Waals surface area contributed by atoms with E-state index in [2.05, 4.69) is 15.5 Å². The van der Waals surface area contributed by atoms with Crippen molar-refractivity contribution in [1.29, 1.82) is 0 Å². The fourth-order valence-electron chi connectivity index (χ4n) is 3.21. The molecule has 0 saturated heterocycles. The van der Waals surface area contributed by atoms with Crippen LogP contribution < -0.4 is 15.0 Å². The lowest BCUT2D eigenvalue weighted by Crippen LogP contribution is -2.45. The lowest BCUT2D eigenvalue weighted by atomic mass is 10.2. The second-order valence-corrected chi connectivity index (χ2v) is 9.39. The summed E-state index contributed by atoms with van der Waals surface area (Å²) < 4.78 is 32.4. The van der Waals surface area contributed by atoms with E-state index in [1.807, 2.05) is 0 Å². The highest BCUT2D eigenvalue weighted by atomic mass is 32.2. The second-order valence-electron chi connectivity index (χ2n) is 7.58. The average molecular weight is 443 g/mol. The number of carbonyl (C=O) groups excluding carboxylic acids is 1. The summed E-state index contributed by atoms with van der Waals surface area (Å²) in [6, 6.07) is 7.99. The van der Waals surface area contributed by atoms with Gasteiger partial charge in [-0.1, -0.05) is 9.13 Å². The maximum Gasteiger partial charge on any atom is 0.401 e. The third kappa shape index (κ3) is 4.64. The summed E-state index contributed by atoms with van der Waals surface area (Å²) in [6.45, 7) is 2.20. The summed E-state index contributed by atoms with van der Waals surface area (Å²) in [4.78, 5) is 16.7. The first-order valence-electron chi connectivity index (χ1n) is 10.1. The van der Waals surface area contributed by atoms with E-state index in [4.69, 9.17) is 10.3 Å². The van der Waals surface area contributed by atoms with Gasteiger partial charge in [0.1, 0.15) is 5.76 Å². The van der Waals surface area contributed by atoms with Gasteiger partial charge in [-0.2, -0.15) is 8.42 Å². The summed E-state index contributed by atoms with van der Waals surface area (Å²) in [6.07, 6.45) is 6.34. The second kappa shape index (κ2) is 8.56. The first-order chi connectivity index (χ1) is 14.9. The number of nitrogens with two attached hydrogens (primary N) is 1. The van der Waals surface area contributed by atoms with Crippen molar-refractivity contribution in [3.05, 3.63) is 65.6 Å². The Morgan fingerprint density at radius 3 is 2.74 bits per heavy atom. The van der Waals surface area contributed by atoms with Gasteiger partial charge in [0.05, 0.1) is 11.9 Å². The maximum absolute atomic E-state index is 13.0. The van der Waals surface area contributed by atoms with Crippen molar-refractivity contribution in [2.24, 2.45) is 5.73 Å². The van der Waals surface area contributed by atoms with Crippen molar-refractivity contribution in [2.75, 3.05) is 11.9 Å². The number of aromatic nitrogens is 3.